The topological polar surface area (TPSA) is 43.4 Å². The highest BCUT2D eigenvalue weighted by atomic mass is 19.3. The van der Waals surface area contributed by atoms with E-state index in [1.807, 2.05) is 6.07 Å². The summed E-state index contributed by atoms with van der Waals surface area (Å²) in [5.74, 6) is 0.668. The number of aromatic nitrogens is 1. The van der Waals surface area contributed by atoms with E-state index in [1.165, 1.54) is 0 Å². The standard InChI is InChI=1S/C12H18F2N2O2/c1-15-11(3-4-18-8-12(13)14)9-5-10(17-2)7-16-6-9/h5-7,11-12,15H,3-4,8H2,1-2H3. The van der Waals surface area contributed by atoms with E-state index in [4.69, 9.17) is 9.47 Å². The van der Waals surface area contributed by atoms with Crippen molar-refractivity contribution in [1.29, 1.82) is 0 Å². The molecule has 0 fully saturated rings. The van der Waals surface area contributed by atoms with Crippen LogP contribution < -0.4 is 10.1 Å². The summed E-state index contributed by atoms with van der Waals surface area (Å²) in [6, 6.07) is 1.87. The molecule has 0 radical (unpaired) electrons. The highest BCUT2D eigenvalue weighted by Crippen LogP contribution is 2.19. The summed E-state index contributed by atoms with van der Waals surface area (Å²) < 4.78 is 33.7. The molecule has 0 saturated carbocycles. The normalized spacial score (nSPS) is 12.7. The molecule has 4 nitrogen and oxygen atoms in total. The van der Waals surface area contributed by atoms with Gasteiger partial charge in [0.15, 0.2) is 0 Å². The van der Waals surface area contributed by atoms with Gasteiger partial charge in [0.1, 0.15) is 12.4 Å². The van der Waals surface area contributed by atoms with Crippen LogP contribution in [0.1, 0.15) is 18.0 Å². The fourth-order valence-electron chi connectivity index (χ4n) is 1.59. The Hall–Kier alpha value is -1.27. The molecule has 0 amide bonds. The summed E-state index contributed by atoms with van der Waals surface area (Å²) >= 11 is 0. The number of hydrogen-bond acceptors (Lipinski definition) is 4. The van der Waals surface area contributed by atoms with E-state index in [1.54, 1.807) is 26.6 Å². The number of pyridine rings is 1. The fourth-order valence-corrected chi connectivity index (χ4v) is 1.59. The van der Waals surface area contributed by atoms with Crippen LogP contribution in [0, 0.1) is 0 Å². The molecule has 6 heteroatoms. The second-order valence-corrected chi connectivity index (χ2v) is 3.75. The van der Waals surface area contributed by atoms with Gasteiger partial charge < -0.3 is 14.8 Å². The number of nitrogens with one attached hydrogen (secondary N) is 1. The first-order valence-electron chi connectivity index (χ1n) is 5.69. The number of alkyl halides is 2. The van der Waals surface area contributed by atoms with Gasteiger partial charge in [-0.15, -0.1) is 0 Å². The van der Waals surface area contributed by atoms with E-state index in [2.05, 4.69) is 10.3 Å². The zero-order chi connectivity index (χ0) is 13.4. The van der Waals surface area contributed by atoms with E-state index < -0.39 is 13.0 Å². The average molecular weight is 260 g/mol. The first-order chi connectivity index (χ1) is 8.67. The zero-order valence-corrected chi connectivity index (χ0v) is 10.5. The third-order valence-electron chi connectivity index (χ3n) is 2.52. The summed E-state index contributed by atoms with van der Waals surface area (Å²) in [6.45, 7) is -0.250. The lowest BCUT2D eigenvalue weighted by Crippen LogP contribution is -2.19. The van der Waals surface area contributed by atoms with Crippen LogP contribution >= 0.6 is 0 Å². The second kappa shape index (κ2) is 7.94. The Labute approximate surface area is 105 Å². The molecule has 0 aromatic carbocycles. The molecular weight excluding hydrogens is 242 g/mol. The summed E-state index contributed by atoms with van der Waals surface area (Å²) in [7, 11) is 3.37. The molecule has 1 atom stereocenters. The van der Waals surface area contributed by atoms with Crippen molar-refractivity contribution in [3.8, 4) is 5.75 Å². The maximum Gasteiger partial charge on any atom is 0.261 e. The van der Waals surface area contributed by atoms with Gasteiger partial charge in [0.25, 0.3) is 6.43 Å². The van der Waals surface area contributed by atoms with E-state index in [0.29, 0.717) is 12.2 Å². The van der Waals surface area contributed by atoms with Gasteiger partial charge in [0, 0.05) is 18.8 Å². The Kier molecular flexibility index (Phi) is 6.53. The lowest BCUT2D eigenvalue weighted by molar-refractivity contribution is 0.0145. The molecule has 0 bridgehead atoms. The molecule has 18 heavy (non-hydrogen) atoms. The minimum Gasteiger partial charge on any atom is -0.495 e. The summed E-state index contributed by atoms with van der Waals surface area (Å²) in [5.41, 5.74) is 0.942. The van der Waals surface area contributed by atoms with Crippen molar-refractivity contribution in [3.63, 3.8) is 0 Å². The molecular formula is C12H18F2N2O2. The monoisotopic (exact) mass is 260 g/mol. The second-order valence-electron chi connectivity index (χ2n) is 3.75. The van der Waals surface area contributed by atoms with Crippen molar-refractivity contribution in [3.05, 3.63) is 24.0 Å². The molecule has 0 saturated heterocycles. The molecule has 102 valence electrons. The summed E-state index contributed by atoms with van der Waals surface area (Å²) in [4.78, 5) is 4.05. The van der Waals surface area contributed by atoms with Crippen LogP contribution in [0.25, 0.3) is 0 Å². The van der Waals surface area contributed by atoms with Crippen LogP contribution in [-0.2, 0) is 4.74 Å². The van der Waals surface area contributed by atoms with E-state index in [9.17, 15) is 8.78 Å². The molecule has 1 rings (SSSR count). The van der Waals surface area contributed by atoms with Gasteiger partial charge in [-0.25, -0.2) is 8.78 Å². The molecule has 0 spiro atoms. The van der Waals surface area contributed by atoms with Crippen molar-refractivity contribution in [1.82, 2.24) is 10.3 Å². The predicted octanol–water partition coefficient (Wildman–Crippen LogP) is 2.02. The van der Waals surface area contributed by atoms with Crippen LogP contribution in [0.5, 0.6) is 5.75 Å². The number of rotatable bonds is 8. The molecule has 0 aliphatic rings. The third kappa shape index (κ3) is 4.93. The highest BCUT2D eigenvalue weighted by Gasteiger charge is 2.11. The quantitative estimate of drug-likeness (QED) is 0.726. The Bertz CT molecular complexity index is 351. The smallest absolute Gasteiger partial charge is 0.261 e. The van der Waals surface area contributed by atoms with Crippen molar-refractivity contribution in [2.45, 2.75) is 18.9 Å². The van der Waals surface area contributed by atoms with Gasteiger partial charge in [0.2, 0.25) is 0 Å². The van der Waals surface area contributed by atoms with Crippen LogP contribution in [0.15, 0.2) is 18.5 Å². The average Bonchev–Trinajstić information content (AvgIpc) is 2.38. The Morgan fingerprint density at radius 2 is 2.17 bits per heavy atom. The summed E-state index contributed by atoms with van der Waals surface area (Å²) in [5, 5.41) is 3.09. The van der Waals surface area contributed by atoms with Gasteiger partial charge in [-0.1, -0.05) is 0 Å². The van der Waals surface area contributed by atoms with E-state index in [-0.39, 0.29) is 12.6 Å². The SMILES string of the molecule is CNC(CCOCC(F)F)c1cncc(OC)c1. The Morgan fingerprint density at radius 3 is 2.78 bits per heavy atom. The lowest BCUT2D eigenvalue weighted by Gasteiger charge is -2.16. The van der Waals surface area contributed by atoms with E-state index >= 15 is 0 Å². The van der Waals surface area contributed by atoms with Crippen molar-refractivity contribution in [2.24, 2.45) is 0 Å². The maximum absolute atomic E-state index is 11.9. The number of methoxy groups -OCH3 is 1. The van der Waals surface area contributed by atoms with Gasteiger partial charge in [-0.3, -0.25) is 4.98 Å². The van der Waals surface area contributed by atoms with Gasteiger partial charge in [-0.2, -0.15) is 0 Å². The molecule has 0 aliphatic carbocycles. The highest BCUT2D eigenvalue weighted by molar-refractivity contribution is 5.25. The molecule has 1 aromatic heterocycles. The van der Waals surface area contributed by atoms with Gasteiger partial charge in [-0.05, 0) is 25.1 Å². The first-order valence-corrected chi connectivity index (χ1v) is 5.69. The minimum absolute atomic E-state index is 0.00488. The van der Waals surface area contributed by atoms with Crippen LogP contribution in [-0.4, -0.2) is 38.8 Å². The molecule has 0 aliphatic heterocycles. The minimum atomic E-state index is -2.42. The van der Waals surface area contributed by atoms with Gasteiger partial charge in [0.05, 0.1) is 13.3 Å². The van der Waals surface area contributed by atoms with Crippen LogP contribution in [0.3, 0.4) is 0 Å². The van der Waals surface area contributed by atoms with Crippen molar-refractivity contribution < 1.29 is 18.3 Å². The first kappa shape index (κ1) is 14.8. The van der Waals surface area contributed by atoms with Crippen molar-refractivity contribution in [2.75, 3.05) is 27.4 Å². The predicted molar refractivity (Wildman–Crippen MR) is 64.0 cm³/mol. The summed E-state index contributed by atoms with van der Waals surface area (Å²) in [6.07, 6.45) is 1.51. The van der Waals surface area contributed by atoms with E-state index in [0.717, 1.165) is 5.56 Å². The third-order valence-corrected chi connectivity index (χ3v) is 2.52. The maximum atomic E-state index is 11.9. The zero-order valence-electron chi connectivity index (χ0n) is 10.5. The number of halogens is 2. The number of hydrogen-bond donors (Lipinski definition) is 1. The van der Waals surface area contributed by atoms with Crippen molar-refractivity contribution >= 4 is 0 Å². The molecule has 1 aromatic rings. The lowest BCUT2D eigenvalue weighted by atomic mass is 10.1. The van der Waals surface area contributed by atoms with Crippen LogP contribution in [0.4, 0.5) is 8.78 Å². The molecule has 1 unspecified atom stereocenters. The molecule has 1 N–H and O–H groups in total. The Morgan fingerprint density at radius 1 is 1.39 bits per heavy atom. The number of ether oxygens (including phenoxy) is 2. The number of nitrogens with zero attached hydrogens (tertiary/aromatic N) is 1. The largest absolute Gasteiger partial charge is 0.495 e. The van der Waals surface area contributed by atoms with Crippen LogP contribution in [0.2, 0.25) is 0 Å². The Balaban J connectivity index is 2.49. The molecule has 1 heterocycles. The van der Waals surface area contributed by atoms with Gasteiger partial charge >= 0.3 is 0 Å². The fraction of sp³-hybridized carbons (Fsp3) is 0.583.